The van der Waals surface area contributed by atoms with Crippen LogP contribution in [0.5, 0.6) is 0 Å². The van der Waals surface area contributed by atoms with Gasteiger partial charge in [0.05, 0.1) is 19.0 Å². The van der Waals surface area contributed by atoms with Gasteiger partial charge in [-0.1, -0.05) is 110 Å². The second-order valence-electron chi connectivity index (χ2n) is 14.4. The molecule has 1 saturated heterocycles. The number of hydrogen-bond donors (Lipinski definition) is 1. The van der Waals surface area contributed by atoms with E-state index in [9.17, 15) is 5.11 Å². The Hall–Kier alpha value is -3.40. The molecule has 2 saturated carbocycles. The van der Waals surface area contributed by atoms with Crippen molar-refractivity contribution in [3.8, 4) is 0 Å². The SMILES string of the molecule is C1CC(CCN2CCOCC2)C1.C=C(C)C.CCC(=C(c1ccc(C)cc1)c1ccc(C)cc1)c1ccc(C2CCC2)c(/C=C(\C)O)c1. The Labute approximate surface area is 292 Å². The molecule has 0 amide bonds. The van der Waals surface area contributed by atoms with Crippen LogP contribution < -0.4 is 0 Å². The minimum atomic E-state index is 0.363. The van der Waals surface area contributed by atoms with Crippen LogP contribution >= 0.6 is 0 Å². The van der Waals surface area contributed by atoms with Crippen molar-refractivity contribution < 1.29 is 9.84 Å². The maximum atomic E-state index is 10.1. The Morgan fingerprint density at radius 3 is 1.77 bits per heavy atom. The molecule has 6 rings (SSSR count). The molecule has 48 heavy (non-hydrogen) atoms. The molecule has 3 heteroatoms. The van der Waals surface area contributed by atoms with Crippen LogP contribution in [0, 0.1) is 19.8 Å². The van der Waals surface area contributed by atoms with Crippen LogP contribution in [0.4, 0.5) is 0 Å². The molecule has 1 aliphatic heterocycles. The number of aliphatic hydroxyl groups excluding tert-OH is 1. The summed E-state index contributed by atoms with van der Waals surface area (Å²) in [7, 11) is 0. The van der Waals surface area contributed by atoms with Gasteiger partial charge in [0.2, 0.25) is 0 Å². The van der Waals surface area contributed by atoms with Crippen LogP contribution in [-0.2, 0) is 4.74 Å². The highest BCUT2D eigenvalue weighted by Crippen LogP contribution is 2.41. The van der Waals surface area contributed by atoms with Crippen LogP contribution in [0.15, 0.2) is 84.6 Å². The van der Waals surface area contributed by atoms with Crippen LogP contribution in [0.1, 0.15) is 124 Å². The molecule has 0 aromatic heterocycles. The van der Waals surface area contributed by atoms with Gasteiger partial charge in [-0.15, -0.1) is 6.58 Å². The van der Waals surface area contributed by atoms with Crippen LogP contribution in [0.3, 0.4) is 0 Å². The fraction of sp³-hybridized carbons (Fsp3) is 0.467. The van der Waals surface area contributed by atoms with Crippen molar-refractivity contribution in [2.45, 2.75) is 98.8 Å². The van der Waals surface area contributed by atoms with E-state index in [0.29, 0.717) is 11.7 Å². The molecule has 2 aliphatic carbocycles. The first-order valence-corrected chi connectivity index (χ1v) is 18.5. The second-order valence-corrected chi connectivity index (χ2v) is 14.4. The molecule has 3 fully saturated rings. The molecule has 3 nitrogen and oxygen atoms in total. The summed E-state index contributed by atoms with van der Waals surface area (Å²) in [6.45, 7) is 21.3. The molecule has 0 unspecified atom stereocenters. The van der Waals surface area contributed by atoms with E-state index < -0.39 is 0 Å². The number of morpholine rings is 1. The van der Waals surface area contributed by atoms with Crippen LogP contribution in [0.2, 0.25) is 0 Å². The van der Waals surface area contributed by atoms with Gasteiger partial charge < -0.3 is 9.84 Å². The molecule has 1 heterocycles. The van der Waals surface area contributed by atoms with Gasteiger partial charge in [-0.25, -0.2) is 0 Å². The zero-order valence-corrected chi connectivity index (χ0v) is 30.8. The fourth-order valence-corrected chi connectivity index (χ4v) is 6.66. The monoisotopic (exact) mass is 647 g/mol. The Morgan fingerprint density at radius 1 is 0.812 bits per heavy atom. The summed E-state index contributed by atoms with van der Waals surface area (Å²) in [5.41, 5.74) is 12.6. The van der Waals surface area contributed by atoms with Gasteiger partial charge in [-0.2, -0.15) is 0 Å². The van der Waals surface area contributed by atoms with Crippen molar-refractivity contribution in [1.29, 1.82) is 0 Å². The van der Waals surface area contributed by atoms with Gasteiger partial charge in [0.1, 0.15) is 0 Å². The Kier molecular flexibility index (Phi) is 14.8. The van der Waals surface area contributed by atoms with E-state index in [1.54, 1.807) is 6.92 Å². The molecular weight excluding hydrogens is 587 g/mol. The molecule has 3 aliphatic rings. The Bertz CT molecular complexity index is 1440. The number of aryl methyl sites for hydroxylation is 2. The maximum Gasteiger partial charge on any atom is 0.0897 e. The maximum absolute atomic E-state index is 10.1. The molecule has 0 bridgehead atoms. The van der Waals surface area contributed by atoms with Gasteiger partial charge >= 0.3 is 0 Å². The number of ether oxygens (including phenoxy) is 1. The molecule has 3 aromatic carbocycles. The first kappa shape index (κ1) is 37.4. The summed E-state index contributed by atoms with van der Waals surface area (Å²) in [5.74, 6) is 2.05. The highest BCUT2D eigenvalue weighted by molar-refractivity contribution is 5.99. The van der Waals surface area contributed by atoms with Crippen molar-refractivity contribution >= 4 is 17.2 Å². The standard InChI is InChI=1S/C31H34O.C10H19NO.C4H8/c1-5-29(27-17-18-30(24-7-6-8-24)28(20-27)19-23(4)32)31(25-13-9-21(2)10-14-25)26-15-11-22(3)12-16-26;1-2-10(3-1)4-5-11-6-8-12-9-7-11;1-4(2)3/h9-20,24,32H,5-8H2,1-4H3;10H,1-9H2;1H2,2-3H3/b23-19+;;. The summed E-state index contributed by atoms with van der Waals surface area (Å²) in [6.07, 6.45) is 12.6. The third kappa shape index (κ3) is 11.3. The minimum absolute atomic E-state index is 0.363. The normalized spacial score (nSPS) is 16.8. The summed E-state index contributed by atoms with van der Waals surface area (Å²) in [5, 5.41) is 10.1. The number of hydrogen-bond acceptors (Lipinski definition) is 3. The summed E-state index contributed by atoms with van der Waals surface area (Å²) in [4.78, 5) is 2.54. The van der Waals surface area contributed by atoms with Gasteiger partial charge in [0, 0.05) is 13.1 Å². The van der Waals surface area contributed by atoms with Crippen molar-refractivity contribution in [2.24, 2.45) is 5.92 Å². The summed E-state index contributed by atoms with van der Waals surface area (Å²) in [6, 6.07) is 24.6. The van der Waals surface area contributed by atoms with E-state index in [0.717, 1.165) is 44.2 Å². The number of aliphatic hydroxyl groups is 1. The molecule has 3 aromatic rings. The van der Waals surface area contributed by atoms with E-state index in [1.807, 2.05) is 19.9 Å². The number of rotatable bonds is 9. The first-order chi connectivity index (χ1) is 23.1. The lowest BCUT2D eigenvalue weighted by molar-refractivity contribution is 0.0335. The van der Waals surface area contributed by atoms with Crippen LogP contribution in [0.25, 0.3) is 17.2 Å². The molecule has 0 spiro atoms. The predicted molar refractivity (Wildman–Crippen MR) is 208 cm³/mol. The Balaban J connectivity index is 0.000000267. The summed E-state index contributed by atoms with van der Waals surface area (Å²) < 4.78 is 5.31. The second kappa shape index (κ2) is 19.0. The Morgan fingerprint density at radius 2 is 1.33 bits per heavy atom. The molecule has 1 N–H and O–H groups in total. The van der Waals surface area contributed by atoms with Crippen molar-refractivity contribution in [3.63, 3.8) is 0 Å². The molecular formula is C45H61NO2. The van der Waals surface area contributed by atoms with E-state index >= 15 is 0 Å². The molecule has 0 radical (unpaired) electrons. The molecule has 258 valence electrons. The topological polar surface area (TPSA) is 32.7 Å². The van der Waals surface area contributed by atoms with Gasteiger partial charge in [-0.3, -0.25) is 4.90 Å². The number of benzene rings is 3. The lowest BCUT2D eigenvalue weighted by Crippen LogP contribution is -2.37. The van der Waals surface area contributed by atoms with Gasteiger partial charge in [0.25, 0.3) is 0 Å². The van der Waals surface area contributed by atoms with Crippen molar-refractivity contribution in [1.82, 2.24) is 4.90 Å². The van der Waals surface area contributed by atoms with Gasteiger partial charge in [-0.05, 0) is 130 Å². The van der Waals surface area contributed by atoms with E-state index in [-0.39, 0.29) is 0 Å². The smallest absolute Gasteiger partial charge is 0.0897 e. The lowest BCUT2D eigenvalue weighted by Gasteiger charge is -2.31. The third-order valence-electron chi connectivity index (χ3n) is 9.86. The highest BCUT2D eigenvalue weighted by atomic mass is 16.5. The lowest BCUT2D eigenvalue weighted by atomic mass is 9.77. The minimum Gasteiger partial charge on any atom is -0.513 e. The number of nitrogens with zero attached hydrogens (tertiary/aromatic N) is 1. The zero-order chi connectivity index (χ0) is 34.5. The third-order valence-corrected chi connectivity index (χ3v) is 9.86. The van der Waals surface area contributed by atoms with E-state index in [2.05, 4.69) is 99.0 Å². The summed E-state index contributed by atoms with van der Waals surface area (Å²) >= 11 is 0. The van der Waals surface area contributed by atoms with Crippen LogP contribution in [-0.4, -0.2) is 42.9 Å². The van der Waals surface area contributed by atoms with E-state index in [1.165, 1.54) is 102 Å². The molecule has 0 atom stereocenters. The average molecular weight is 648 g/mol. The average Bonchev–Trinajstić information content (AvgIpc) is 3.01. The quantitative estimate of drug-likeness (QED) is 0.142. The zero-order valence-electron chi connectivity index (χ0n) is 30.8. The number of allylic oxidation sites excluding steroid dienone is 3. The van der Waals surface area contributed by atoms with E-state index in [4.69, 9.17) is 4.74 Å². The van der Waals surface area contributed by atoms with Gasteiger partial charge in [0.15, 0.2) is 0 Å². The highest BCUT2D eigenvalue weighted by Gasteiger charge is 2.23. The van der Waals surface area contributed by atoms with Crippen molar-refractivity contribution in [3.05, 3.63) is 124 Å². The predicted octanol–water partition coefficient (Wildman–Crippen LogP) is 12.0. The first-order valence-electron chi connectivity index (χ1n) is 18.5. The largest absolute Gasteiger partial charge is 0.513 e. The van der Waals surface area contributed by atoms with Crippen molar-refractivity contribution in [2.75, 3.05) is 32.8 Å². The fourth-order valence-electron chi connectivity index (χ4n) is 6.66.